The Labute approximate surface area is 125 Å². The zero-order chi connectivity index (χ0) is 15.0. The predicted octanol–water partition coefficient (Wildman–Crippen LogP) is 3.57. The molecule has 1 aliphatic rings. The summed E-state index contributed by atoms with van der Waals surface area (Å²) in [5, 5.41) is 0. The van der Waals surface area contributed by atoms with Gasteiger partial charge in [-0.1, -0.05) is 26.7 Å². The highest BCUT2D eigenvalue weighted by atomic mass is 16.2. The first-order valence-corrected chi connectivity index (χ1v) is 8.63. The van der Waals surface area contributed by atoms with Crippen LogP contribution in [0.25, 0.3) is 0 Å². The third kappa shape index (κ3) is 5.82. The van der Waals surface area contributed by atoms with E-state index in [1.807, 2.05) is 0 Å². The van der Waals surface area contributed by atoms with Crippen LogP contribution >= 0.6 is 0 Å². The molecule has 1 fully saturated rings. The van der Waals surface area contributed by atoms with Crippen LogP contribution in [-0.2, 0) is 4.79 Å². The number of amides is 1. The van der Waals surface area contributed by atoms with Crippen LogP contribution in [0.5, 0.6) is 0 Å². The first kappa shape index (κ1) is 17.5. The lowest BCUT2D eigenvalue weighted by Crippen LogP contribution is -2.35. The van der Waals surface area contributed by atoms with E-state index in [9.17, 15) is 4.79 Å². The smallest absolute Gasteiger partial charge is 0.222 e. The molecule has 1 saturated carbocycles. The number of rotatable bonds is 8. The van der Waals surface area contributed by atoms with Crippen LogP contribution in [0, 0.1) is 11.8 Å². The summed E-state index contributed by atoms with van der Waals surface area (Å²) in [6.07, 6.45) is 8.84. The van der Waals surface area contributed by atoms with Gasteiger partial charge in [0.15, 0.2) is 0 Å². The Morgan fingerprint density at radius 2 is 1.75 bits per heavy atom. The Kier molecular flexibility index (Phi) is 8.20. The van der Waals surface area contributed by atoms with E-state index in [-0.39, 0.29) is 0 Å². The molecule has 0 aromatic heterocycles. The van der Waals surface area contributed by atoms with Gasteiger partial charge in [-0.3, -0.25) is 4.79 Å². The number of nitrogens with two attached hydrogens (primary N) is 1. The molecule has 0 radical (unpaired) electrons. The largest absolute Gasteiger partial charge is 0.343 e. The van der Waals surface area contributed by atoms with Crippen LogP contribution < -0.4 is 5.73 Å². The molecule has 0 aromatic rings. The molecule has 0 heterocycles. The van der Waals surface area contributed by atoms with Gasteiger partial charge in [-0.2, -0.15) is 0 Å². The first-order chi connectivity index (χ1) is 9.60. The maximum absolute atomic E-state index is 12.3. The van der Waals surface area contributed by atoms with E-state index >= 15 is 0 Å². The third-order valence-corrected chi connectivity index (χ3v) is 5.03. The molecule has 0 atom stereocenters. The van der Waals surface area contributed by atoms with Crippen molar-refractivity contribution in [3.05, 3.63) is 0 Å². The maximum Gasteiger partial charge on any atom is 0.222 e. The minimum absolute atomic E-state index is 0.356. The van der Waals surface area contributed by atoms with Crippen molar-refractivity contribution in [3.63, 3.8) is 0 Å². The van der Waals surface area contributed by atoms with Gasteiger partial charge >= 0.3 is 0 Å². The maximum atomic E-state index is 12.3. The highest BCUT2D eigenvalue weighted by molar-refractivity contribution is 5.76. The fourth-order valence-corrected chi connectivity index (χ4v) is 3.23. The monoisotopic (exact) mass is 282 g/mol. The molecule has 0 aromatic carbocycles. The summed E-state index contributed by atoms with van der Waals surface area (Å²) in [5.74, 6) is 1.74. The minimum Gasteiger partial charge on any atom is -0.343 e. The van der Waals surface area contributed by atoms with E-state index in [0.29, 0.717) is 17.9 Å². The van der Waals surface area contributed by atoms with Gasteiger partial charge in [0, 0.05) is 25.6 Å². The van der Waals surface area contributed by atoms with Crippen molar-refractivity contribution in [2.24, 2.45) is 17.6 Å². The summed E-state index contributed by atoms with van der Waals surface area (Å²) >= 11 is 0. The van der Waals surface area contributed by atoms with Crippen LogP contribution in [0.1, 0.15) is 72.1 Å². The highest BCUT2D eigenvalue weighted by Crippen LogP contribution is 2.27. The van der Waals surface area contributed by atoms with Crippen molar-refractivity contribution in [1.29, 1.82) is 0 Å². The molecule has 118 valence electrons. The van der Waals surface area contributed by atoms with Crippen LogP contribution in [0.2, 0.25) is 0 Å². The van der Waals surface area contributed by atoms with Gasteiger partial charge in [-0.05, 0) is 50.9 Å². The van der Waals surface area contributed by atoms with Gasteiger partial charge in [0.25, 0.3) is 0 Å². The summed E-state index contributed by atoms with van der Waals surface area (Å²) in [6, 6.07) is 0.406. The highest BCUT2D eigenvalue weighted by Gasteiger charge is 2.21. The predicted molar refractivity (Wildman–Crippen MR) is 85.5 cm³/mol. The minimum atomic E-state index is 0.356. The SMILES string of the molecule is CCC(CC)CN(CC)C(=O)CCC1CCC(N)CC1. The molecule has 0 bridgehead atoms. The van der Waals surface area contributed by atoms with E-state index in [2.05, 4.69) is 25.7 Å². The lowest BCUT2D eigenvalue weighted by Gasteiger charge is -2.28. The molecule has 1 amide bonds. The second kappa shape index (κ2) is 9.38. The molecule has 1 aliphatic carbocycles. The Morgan fingerprint density at radius 1 is 1.15 bits per heavy atom. The molecule has 0 aliphatic heterocycles. The summed E-state index contributed by atoms with van der Waals surface area (Å²) in [5.41, 5.74) is 5.93. The Hall–Kier alpha value is -0.570. The summed E-state index contributed by atoms with van der Waals surface area (Å²) in [7, 11) is 0. The Balaban J connectivity index is 2.31. The van der Waals surface area contributed by atoms with Gasteiger partial charge in [-0.15, -0.1) is 0 Å². The van der Waals surface area contributed by atoms with Crippen molar-refractivity contribution in [3.8, 4) is 0 Å². The third-order valence-electron chi connectivity index (χ3n) is 5.03. The van der Waals surface area contributed by atoms with Crippen molar-refractivity contribution >= 4 is 5.91 Å². The second-order valence-electron chi connectivity index (χ2n) is 6.43. The van der Waals surface area contributed by atoms with Crippen LogP contribution in [-0.4, -0.2) is 29.9 Å². The van der Waals surface area contributed by atoms with Gasteiger partial charge < -0.3 is 10.6 Å². The molecule has 3 heteroatoms. The molecule has 2 N–H and O–H groups in total. The summed E-state index contributed by atoms with van der Waals surface area (Å²) in [4.78, 5) is 14.4. The van der Waals surface area contributed by atoms with Gasteiger partial charge in [0.2, 0.25) is 5.91 Å². The normalized spacial score (nSPS) is 23.1. The molecular weight excluding hydrogens is 248 g/mol. The quantitative estimate of drug-likeness (QED) is 0.740. The summed E-state index contributed by atoms with van der Waals surface area (Å²) in [6.45, 7) is 8.33. The fraction of sp³-hybridized carbons (Fsp3) is 0.941. The zero-order valence-corrected chi connectivity index (χ0v) is 13.7. The van der Waals surface area contributed by atoms with Gasteiger partial charge in [0.05, 0.1) is 0 Å². The molecule has 3 nitrogen and oxygen atoms in total. The number of hydrogen-bond donors (Lipinski definition) is 1. The Bertz CT molecular complexity index is 268. The van der Waals surface area contributed by atoms with Crippen molar-refractivity contribution in [1.82, 2.24) is 4.90 Å². The van der Waals surface area contributed by atoms with Crippen molar-refractivity contribution in [2.75, 3.05) is 13.1 Å². The van der Waals surface area contributed by atoms with E-state index in [1.165, 1.54) is 25.7 Å². The average Bonchev–Trinajstić information content (AvgIpc) is 2.48. The van der Waals surface area contributed by atoms with E-state index < -0.39 is 0 Å². The number of hydrogen-bond acceptors (Lipinski definition) is 2. The number of carbonyl (C=O) groups is 1. The van der Waals surface area contributed by atoms with E-state index in [1.54, 1.807) is 0 Å². The lowest BCUT2D eigenvalue weighted by molar-refractivity contribution is -0.132. The summed E-state index contributed by atoms with van der Waals surface area (Å²) < 4.78 is 0. The molecule has 0 saturated heterocycles. The van der Waals surface area contributed by atoms with E-state index in [0.717, 1.165) is 44.7 Å². The Morgan fingerprint density at radius 3 is 2.25 bits per heavy atom. The zero-order valence-electron chi connectivity index (χ0n) is 13.7. The lowest BCUT2D eigenvalue weighted by atomic mass is 9.83. The van der Waals surface area contributed by atoms with Gasteiger partial charge in [0.1, 0.15) is 0 Å². The average molecular weight is 282 g/mol. The standard InChI is InChI=1S/C17H34N2O/c1-4-14(5-2)13-19(6-3)17(20)12-9-15-7-10-16(18)11-8-15/h14-16H,4-13,18H2,1-3H3. The molecule has 0 spiro atoms. The number of nitrogens with zero attached hydrogens (tertiary/aromatic N) is 1. The topological polar surface area (TPSA) is 46.3 Å². The van der Waals surface area contributed by atoms with Crippen LogP contribution in [0.3, 0.4) is 0 Å². The fourth-order valence-electron chi connectivity index (χ4n) is 3.23. The van der Waals surface area contributed by atoms with Gasteiger partial charge in [-0.25, -0.2) is 0 Å². The molecular formula is C17H34N2O. The van der Waals surface area contributed by atoms with Crippen LogP contribution in [0.15, 0.2) is 0 Å². The van der Waals surface area contributed by atoms with Crippen LogP contribution in [0.4, 0.5) is 0 Å². The second-order valence-corrected chi connectivity index (χ2v) is 6.43. The number of carbonyl (C=O) groups excluding carboxylic acids is 1. The first-order valence-electron chi connectivity index (χ1n) is 8.63. The molecule has 20 heavy (non-hydrogen) atoms. The van der Waals surface area contributed by atoms with Crippen molar-refractivity contribution in [2.45, 2.75) is 78.2 Å². The van der Waals surface area contributed by atoms with Crippen molar-refractivity contribution < 1.29 is 4.79 Å². The van der Waals surface area contributed by atoms with E-state index in [4.69, 9.17) is 5.73 Å². The molecule has 1 rings (SSSR count). The molecule has 0 unspecified atom stereocenters.